The summed E-state index contributed by atoms with van der Waals surface area (Å²) in [7, 11) is 0. The van der Waals surface area contributed by atoms with Crippen LogP contribution in [0.2, 0.25) is 0 Å². The van der Waals surface area contributed by atoms with Crippen LogP contribution in [0.15, 0.2) is 0 Å². The van der Waals surface area contributed by atoms with E-state index < -0.39 is 5.60 Å². The van der Waals surface area contributed by atoms with Crippen molar-refractivity contribution < 1.29 is 9.53 Å². The van der Waals surface area contributed by atoms with Crippen LogP contribution in [-0.2, 0) is 9.53 Å². The molecule has 0 radical (unpaired) electrons. The highest BCUT2D eigenvalue weighted by Gasteiger charge is 2.45. The number of ether oxygens (including phenoxy) is 1. The van der Waals surface area contributed by atoms with Gasteiger partial charge in [-0.25, -0.2) is 0 Å². The summed E-state index contributed by atoms with van der Waals surface area (Å²) in [5.41, 5.74) is -0.402. The van der Waals surface area contributed by atoms with Crippen molar-refractivity contribution in [2.75, 3.05) is 6.61 Å². The molecule has 62 valence electrons. The van der Waals surface area contributed by atoms with E-state index in [-0.39, 0.29) is 0 Å². The van der Waals surface area contributed by atoms with Gasteiger partial charge >= 0.3 is 0 Å². The van der Waals surface area contributed by atoms with Crippen LogP contribution in [0.3, 0.4) is 0 Å². The summed E-state index contributed by atoms with van der Waals surface area (Å²) in [6.45, 7) is 2.72. The molecule has 2 nitrogen and oxygen atoms in total. The number of Topliss-reactive ketones (excluding diaryl/α,β-unsaturated/α-hetero) is 1. The molecule has 0 aromatic carbocycles. The zero-order valence-corrected chi connectivity index (χ0v) is 6.93. The minimum atomic E-state index is -0.402. The highest BCUT2D eigenvalue weighted by Crippen LogP contribution is 2.38. The molecule has 1 saturated heterocycles. The van der Waals surface area contributed by atoms with Crippen molar-refractivity contribution in [2.24, 2.45) is 5.92 Å². The zero-order chi connectivity index (χ0) is 7.90. The van der Waals surface area contributed by atoms with Gasteiger partial charge in [0.2, 0.25) is 0 Å². The molecule has 1 aliphatic carbocycles. The molecule has 2 aliphatic rings. The number of hydrogen-bond acceptors (Lipinski definition) is 2. The summed E-state index contributed by atoms with van der Waals surface area (Å²) in [5.74, 6) is 0.702. The van der Waals surface area contributed by atoms with Gasteiger partial charge < -0.3 is 4.74 Å². The van der Waals surface area contributed by atoms with Crippen molar-refractivity contribution >= 4 is 5.78 Å². The normalized spacial score (nSPS) is 37.5. The van der Waals surface area contributed by atoms with Crippen LogP contribution in [0.25, 0.3) is 0 Å². The summed E-state index contributed by atoms with van der Waals surface area (Å²) < 4.78 is 5.45. The Morgan fingerprint density at radius 1 is 1.55 bits per heavy atom. The summed E-state index contributed by atoms with van der Waals surface area (Å²) >= 11 is 0. The summed E-state index contributed by atoms with van der Waals surface area (Å²) in [6, 6.07) is 0. The second-order valence-corrected chi connectivity index (χ2v) is 3.82. The molecule has 11 heavy (non-hydrogen) atoms. The first kappa shape index (κ1) is 7.29. The molecule has 1 unspecified atom stereocenters. The predicted octanol–water partition coefficient (Wildman–Crippen LogP) is 1.53. The van der Waals surface area contributed by atoms with Crippen LogP contribution in [0.1, 0.15) is 32.6 Å². The molecule has 0 aromatic heterocycles. The summed E-state index contributed by atoms with van der Waals surface area (Å²) in [4.78, 5) is 11.6. The third kappa shape index (κ3) is 1.20. The number of rotatable bonds is 2. The summed E-state index contributed by atoms with van der Waals surface area (Å²) in [6.07, 6.45) is 4.17. The fourth-order valence-electron chi connectivity index (χ4n) is 1.75. The number of carbonyl (C=O) groups is 1. The Morgan fingerprint density at radius 3 is 2.73 bits per heavy atom. The third-order valence-corrected chi connectivity index (χ3v) is 2.69. The van der Waals surface area contributed by atoms with Gasteiger partial charge in [0.05, 0.1) is 0 Å². The van der Waals surface area contributed by atoms with Crippen molar-refractivity contribution in [3.05, 3.63) is 0 Å². The SMILES string of the molecule is CC1(C(=O)C2CC2)CCCO1. The Morgan fingerprint density at radius 2 is 2.27 bits per heavy atom. The van der Waals surface area contributed by atoms with Crippen molar-refractivity contribution in [3.63, 3.8) is 0 Å². The van der Waals surface area contributed by atoms with Gasteiger partial charge in [-0.05, 0) is 32.6 Å². The Hall–Kier alpha value is -0.370. The van der Waals surface area contributed by atoms with Crippen LogP contribution in [0, 0.1) is 5.92 Å². The fraction of sp³-hybridized carbons (Fsp3) is 0.889. The minimum absolute atomic E-state index is 0.345. The van der Waals surface area contributed by atoms with E-state index in [2.05, 4.69) is 0 Å². The van der Waals surface area contributed by atoms with Gasteiger partial charge in [-0.1, -0.05) is 0 Å². The zero-order valence-electron chi connectivity index (χ0n) is 6.93. The van der Waals surface area contributed by atoms with Gasteiger partial charge in [0, 0.05) is 12.5 Å². The van der Waals surface area contributed by atoms with Crippen molar-refractivity contribution in [1.29, 1.82) is 0 Å². The smallest absolute Gasteiger partial charge is 0.167 e. The fourth-order valence-corrected chi connectivity index (χ4v) is 1.75. The number of hydrogen-bond donors (Lipinski definition) is 0. The van der Waals surface area contributed by atoms with E-state index in [0.717, 1.165) is 32.3 Å². The maximum Gasteiger partial charge on any atom is 0.167 e. The lowest BCUT2D eigenvalue weighted by molar-refractivity contribution is -0.138. The predicted molar refractivity (Wildman–Crippen MR) is 41.3 cm³/mol. The molecule has 1 aliphatic heterocycles. The van der Waals surface area contributed by atoms with Crippen LogP contribution in [0.5, 0.6) is 0 Å². The maximum absolute atomic E-state index is 11.6. The van der Waals surface area contributed by atoms with Gasteiger partial charge in [0.1, 0.15) is 5.60 Å². The third-order valence-electron chi connectivity index (χ3n) is 2.69. The molecule has 0 spiro atoms. The number of carbonyl (C=O) groups excluding carboxylic acids is 1. The standard InChI is InChI=1S/C9H14O2/c1-9(5-2-6-11-9)8(10)7-3-4-7/h7H,2-6H2,1H3. The van der Waals surface area contributed by atoms with Crippen molar-refractivity contribution in [1.82, 2.24) is 0 Å². The Bertz CT molecular complexity index is 176. The van der Waals surface area contributed by atoms with Gasteiger partial charge in [0.15, 0.2) is 5.78 Å². The Balaban J connectivity index is 2.05. The molecular formula is C9H14O2. The van der Waals surface area contributed by atoms with Crippen LogP contribution in [0.4, 0.5) is 0 Å². The quantitative estimate of drug-likeness (QED) is 0.603. The van der Waals surface area contributed by atoms with E-state index in [1.165, 1.54) is 0 Å². The first-order valence-electron chi connectivity index (χ1n) is 4.41. The second-order valence-electron chi connectivity index (χ2n) is 3.82. The van der Waals surface area contributed by atoms with Crippen molar-refractivity contribution in [2.45, 2.75) is 38.2 Å². The van der Waals surface area contributed by atoms with Crippen LogP contribution < -0.4 is 0 Å². The maximum atomic E-state index is 11.6. The molecule has 2 fully saturated rings. The molecule has 0 N–H and O–H groups in total. The highest BCUT2D eigenvalue weighted by atomic mass is 16.5. The van der Waals surface area contributed by atoms with Gasteiger partial charge in [0.25, 0.3) is 0 Å². The van der Waals surface area contributed by atoms with E-state index in [0.29, 0.717) is 11.7 Å². The first-order valence-corrected chi connectivity index (χ1v) is 4.41. The van der Waals surface area contributed by atoms with E-state index >= 15 is 0 Å². The van der Waals surface area contributed by atoms with Crippen LogP contribution >= 0.6 is 0 Å². The molecule has 2 rings (SSSR count). The average molecular weight is 154 g/mol. The lowest BCUT2D eigenvalue weighted by Gasteiger charge is -2.20. The van der Waals surface area contributed by atoms with Crippen molar-refractivity contribution in [3.8, 4) is 0 Å². The lowest BCUT2D eigenvalue weighted by Crippen LogP contribution is -2.35. The molecule has 1 atom stereocenters. The molecule has 0 aromatic rings. The van der Waals surface area contributed by atoms with E-state index in [9.17, 15) is 4.79 Å². The highest BCUT2D eigenvalue weighted by molar-refractivity contribution is 5.91. The number of ketones is 1. The molecule has 1 heterocycles. The van der Waals surface area contributed by atoms with Crippen LogP contribution in [-0.4, -0.2) is 18.0 Å². The molecule has 0 amide bonds. The average Bonchev–Trinajstić information content (AvgIpc) is 2.74. The monoisotopic (exact) mass is 154 g/mol. The molecule has 0 bridgehead atoms. The van der Waals surface area contributed by atoms with Gasteiger partial charge in [-0.3, -0.25) is 4.79 Å². The minimum Gasteiger partial charge on any atom is -0.367 e. The first-order chi connectivity index (χ1) is 5.22. The summed E-state index contributed by atoms with van der Waals surface area (Å²) in [5, 5.41) is 0. The molecule has 2 heteroatoms. The van der Waals surface area contributed by atoms with E-state index in [4.69, 9.17) is 4.74 Å². The lowest BCUT2D eigenvalue weighted by atomic mass is 9.94. The largest absolute Gasteiger partial charge is 0.367 e. The van der Waals surface area contributed by atoms with Gasteiger partial charge in [-0.15, -0.1) is 0 Å². The molecular weight excluding hydrogens is 140 g/mol. The molecule has 1 saturated carbocycles. The second kappa shape index (κ2) is 2.31. The Labute approximate surface area is 66.9 Å². The van der Waals surface area contributed by atoms with E-state index in [1.54, 1.807) is 0 Å². The Kier molecular flexibility index (Phi) is 1.53. The van der Waals surface area contributed by atoms with Gasteiger partial charge in [-0.2, -0.15) is 0 Å². The topological polar surface area (TPSA) is 26.3 Å². The van der Waals surface area contributed by atoms with E-state index in [1.807, 2.05) is 6.92 Å².